The average Bonchev–Trinajstić information content (AvgIpc) is 2.43. The van der Waals surface area contributed by atoms with Crippen molar-refractivity contribution >= 4 is 28.9 Å². The predicted molar refractivity (Wildman–Crippen MR) is 79.7 cm³/mol. The van der Waals surface area contributed by atoms with Gasteiger partial charge in [0.25, 0.3) is 0 Å². The Bertz CT molecular complexity index is 677. The van der Waals surface area contributed by atoms with Gasteiger partial charge < -0.3 is 10.6 Å². The van der Waals surface area contributed by atoms with Crippen molar-refractivity contribution in [2.75, 3.05) is 17.2 Å². The normalized spacial score (nSPS) is 10.3. The van der Waals surface area contributed by atoms with Gasteiger partial charge in [0.1, 0.15) is 11.6 Å². The Kier molecular flexibility index (Phi) is 4.75. The van der Waals surface area contributed by atoms with Gasteiger partial charge in [-0.1, -0.05) is 17.7 Å². The third-order valence-corrected chi connectivity index (χ3v) is 3.08. The van der Waals surface area contributed by atoms with E-state index in [9.17, 15) is 13.6 Å². The number of anilines is 2. The van der Waals surface area contributed by atoms with E-state index in [2.05, 4.69) is 10.6 Å². The van der Waals surface area contributed by atoms with Gasteiger partial charge in [-0.25, -0.2) is 8.78 Å². The molecule has 0 atom stereocenters. The Hall–Kier alpha value is -2.14. The van der Waals surface area contributed by atoms with Gasteiger partial charge >= 0.3 is 0 Å². The number of hydrogen-bond acceptors (Lipinski definition) is 2. The zero-order chi connectivity index (χ0) is 15.4. The van der Waals surface area contributed by atoms with E-state index in [1.54, 1.807) is 13.0 Å². The highest BCUT2D eigenvalue weighted by Gasteiger charge is 2.08. The van der Waals surface area contributed by atoms with Crippen LogP contribution in [0, 0.1) is 18.6 Å². The second kappa shape index (κ2) is 6.54. The van der Waals surface area contributed by atoms with E-state index in [0.29, 0.717) is 5.69 Å². The Morgan fingerprint density at radius 2 is 1.90 bits per heavy atom. The second-order valence-corrected chi connectivity index (χ2v) is 4.92. The summed E-state index contributed by atoms with van der Waals surface area (Å²) >= 11 is 5.63. The third kappa shape index (κ3) is 4.16. The van der Waals surface area contributed by atoms with E-state index in [-0.39, 0.29) is 17.3 Å². The minimum Gasteiger partial charge on any atom is -0.376 e. The van der Waals surface area contributed by atoms with E-state index in [4.69, 9.17) is 11.6 Å². The van der Waals surface area contributed by atoms with Gasteiger partial charge in [0, 0.05) is 10.7 Å². The van der Waals surface area contributed by atoms with Gasteiger partial charge in [-0.15, -0.1) is 0 Å². The molecule has 1 amide bonds. The van der Waals surface area contributed by atoms with E-state index in [1.807, 2.05) is 0 Å². The number of benzene rings is 2. The zero-order valence-electron chi connectivity index (χ0n) is 11.2. The summed E-state index contributed by atoms with van der Waals surface area (Å²) in [4.78, 5) is 11.8. The molecule has 2 aromatic carbocycles. The molecule has 0 spiro atoms. The van der Waals surface area contributed by atoms with Gasteiger partial charge in [-0.3, -0.25) is 4.79 Å². The Morgan fingerprint density at radius 3 is 2.62 bits per heavy atom. The molecule has 0 unspecified atom stereocenters. The monoisotopic (exact) mass is 310 g/mol. The Morgan fingerprint density at radius 1 is 1.14 bits per heavy atom. The molecule has 0 bridgehead atoms. The second-order valence-electron chi connectivity index (χ2n) is 4.49. The first-order valence-corrected chi connectivity index (χ1v) is 6.58. The third-order valence-electron chi connectivity index (χ3n) is 2.84. The maximum atomic E-state index is 13.5. The lowest BCUT2D eigenvalue weighted by atomic mass is 10.2. The molecule has 0 aromatic heterocycles. The van der Waals surface area contributed by atoms with Crippen LogP contribution in [0.4, 0.5) is 20.2 Å². The molecular formula is C15H13ClF2N2O. The van der Waals surface area contributed by atoms with E-state index in [1.165, 1.54) is 24.3 Å². The molecule has 0 fully saturated rings. The minimum absolute atomic E-state index is 0.0437. The average molecular weight is 311 g/mol. The molecule has 0 aliphatic carbocycles. The molecule has 0 heterocycles. The first kappa shape index (κ1) is 15.3. The lowest BCUT2D eigenvalue weighted by molar-refractivity contribution is -0.114. The first-order valence-electron chi connectivity index (χ1n) is 6.20. The van der Waals surface area contributed by atoms with Crippen LogP contribution in [0.25, 0.3) is 0 Å². The van der Waals surface area contributed by atoms with Crippen LogP contribution >= 0.6 is 11.6 Å². The molecule has 0 radical (unpaired) electrons. The Labute approximate surface area is 125 Å². The summed E-state index contributed by atoms with van der Waals surface area (Å²) in [7, 11) is 0. The lowest BCUT2D eigenvalue weighted by Crippen LogP contribution is -2.22. The lowest BCUT2D eigenvalue weighted by Gasteiger charge is -2.10. The van der Waals surface area contributed by atoms with Crippen molar-refractivity contribution in [3.63, 3.8) is 0 Å². The summed E-state index contributed by atoms with van der Waals surface area (Å²) < 4.78 is 26.6. The summed E-state index contributed by atoms with van der Waals surface area (Å²) in [5.41, 5.74) is 1.37. The maximum absolute atomic E-state index is 13.5. The van der Waals surface area contributed by atoms with Gasteiger partial charge in [-0.05, 0) is 42.8 Å². The number of nitrogens with one attached hydrogen (secondary N) is 2. The number of rotatable bonds is 4. The molecule has 6 heteroatoms. The summed E-state index contributed by atoms with van der Waals surface area (Å²) in [6.45, 7) is 1.69. The number of carbonyl (C=O) groups is 1. The molecule has 0 aliphatic heterocycles. The molecule has 21 heavy (non-hydrogen) atoms. The predicted octanol–water partition coefficient (Wildman–Crippen LogP) is 3.98. The molecule has 3 nitrogen and oxygen atoms in total. The van der Waals surface area contributed by atoms with Crippen LogP contribution in [0.3, 0.4) is 0 Å². The first-order chi connectivity index (χ1) is 9.95. The molecule has 0 saturated heterocycles. The summed E-state index contributed by atoms with van der Waals surface area (Å²) in [6, 6.07) is 8.21. The molecule has 2 aromatic rings. The fraction of sp³-hybridized carbons (Fsp3) is 0.133. The molecule has 0 aliphatic rings. The van der Waals surface area contributed by atoms with Crippen molar-refractivity contribution in [1.29, 1.82) is 0 Å². The van der Waals surface area contributed by atoms with Crippen LogP contribution < -0.4 is 10.6 Å². The smallest absolute Gasteiger partial charge is 0.243 e. The fourth-order valence-electron chi connectivity index (χ4n) is 1.75. The quantitative estimate of drug-likeness (QED) is 0.897. The number of carbonyl (C=O) groups excluding carboxylic acids is 1. The van der Waals surface area contributed by atoms with Gasteiger partial charge in [0.2, 0.25) is 5.91 Å². The van der Waals surface area contributed by atoms with Crippen molar-refractivity contribution in [3.8, 4) is 0 Å². The van der Waals surface area contributed by atoms with Crippen molar-refractivity contribution < 1.29 is 13.6 Å². The molecule has 2 N–H and O–H groups in total. The van der Waals surface area contributed by atoms with Crippen molar-refractivity contribution in [3.05, 3.63) is 58.6 Å². The van der Waals surface area contributed by atoms with E-state index < -0.39 is 17.5 Å². The van der Waals surface area contributed by atoms with Crippen LogP contribution in [0.1, 0.15) is 5.56 Å². The van der Waals surface area contributed by atoms with E-state index in [0.717, 1.165) is 11.6 Å². The fourth-order valence-corrected chi connectivity index (χ4v) is 1.90. The highest BCUT2D eigenvalue weighted by molar-refractivity contribution is 6.30. The maximum Gasteiger partial charge on any atom is 0.243 e. The van der Waals surface area contributed by atoms with Gasteiger partial charge in [0.05, 0.1) is 12.2 Å². The van der Waals surface area contributed by atoms with Gasteiger partial charge in [0.15, 0.2) is 0 Å². The molecule has 0 saturated carbocycles. The van der Waals surface area contributed by atoms with Crippen molar-refractivity contribution in [2.45, 2.75) is 6.92 Å². The number of halogens is 3. The van der Waals surface area contributed by atoms with Crippen LogP contribution in [0.5, 0.6) is 0 Å². The number of aryl methyl sites for hydroxylation is 1. The van der Waals surface area contributed by atoms with Crippen LogP contribution in [-0.4, -0.2) is 12.5 Å². The molecular weight excluding hydrogens is 298 g/mol. The highest BCUT2D eigenvalue weighted by atomic mass is 35.5. The minimum atomic E-state index is -0.613. The van der Waals surface area contributed by atoms with Crippen LogP contribution in [-0.2, 0) is 4.79 Å². The molecule has 2 rings (SSSR count). The SMILES string of the molecule is Cc1ccc(F)cc1NCC(=O)Nc1ccc(Cl)cc1F. The summed E-state index contributed by atoms with van der Waals surface area (Å²) in [5, 5.41) is 5.47. The zero-order valence-corrected chi connectivity index (χ0v) is 12.0. The Balaban J connectivity index is 1.97. The van der Waals surface area contributed by atoms with Crippen molar-refractivity contribution in [1.82, 2.24) is 0 Å². The highest BCUT2D eigenvalue weighted by Crippen LogP contribution is 2.19. The van der Waals surface area contributed by atoms with Gasteiger partial charge in [-0.2, -0.15) is 0 Å². The summed E-state index contributed by atoms with van der Waals surface area (Å²) in [6.07, 6.45) is 0. The van der Waals surface area contributed by atoms with E-state index >= 15 is 0 Å². The number of amides is 1. The number of hydrogen-bond donors (Lipinski definition) is 2. The van der Waals surface area contributed by atoms with Crippen LogP contribution in [0.2, 0.25) is 5.02 Å². The van der Waals surface area contributed by atoms with Crippen LogP contribution in [0.15, 0.2) is 36.4 Å². The van der Waals surface area contributed by atoms with Crippen molar-refractivity contribution in [2.24, 2.45) is 0 Å². The molecule has 110 valence electrons. The summed E-state index contributed by atoms with van der Waals surface area (Å²) in [5.74, 6) is -1.45. The largest absolute Gasteiger partial charge is 0.376 e. The standard InChI is InChI=1S/C15H13ClF2N2O/c1-9-2-4-11(17)7-14(9)19-8-15(21)20-13-5-3-10(16)6-12(13)18/h2-7,19H,8H2,1H3,(H,20,21). The topological polar surface area (TPSA) is 41.1 Å².